The van der Waals surface area contributed by atoms with Gasteiger partial charge < -0.3 is 25.7 Å². The van der Waals surface area contributed by atoms with E-state index in [-0.39, 0.29) is 5.91 Å². The third kappa shape index (κ3) is 3.10. The smallest absolute Gasteiger partial charge is 0.337 e. The van der Waals surface area contributed by atoms with Gasteiger partial charge in [-0.15, -0.1) is 0 Å². The van der Waals surface area contributed by atoms with Gasteiger partial charge in [0.05, 0.1) is 6.54 Å². The van der Waals surface area contributed by atoms with Gasteiger partial charge in [0.25, 0.3) is 0 Å². The van der Waals surface area contributed by atoms with E-state index in [0.29, 0.717) is 13.1 Å². The van der Waals surface area contributed by atoms with Crippen LogP contribution in [0.25, 0.3) is 0 Å². The number of carbonyl (C=O) groups excluding carboxylic acids is 2. The number of hydrogen-bond donors (Lipinski definition) is 4. The summed E-state index contributed by atoms with van der Waals surface area (Å²) in [4.78, 5) is 35.0. The quantitative estimate of drug-likeness (QED) is 0.484. The van der Waals surface area contributed by atoms with Gasteiger partial charge in [-0.2, -0.15) is 0 Å². The van der Waals surface area contributed by atoms with Crippen molar-refractivity contribution in [3.8, 4) is 0 Å². The van der Waals surface area contributed by atoms with Crippen LogP contribution in [0.3, 0.4) is 0 Å². The molecule has 0 saturated carbocycles. The SMILES string of the molecule is CC1C(=O)NCCN1C(=O)NCC(C)(O)C(=O)O. The second-order valence-corrected chi connectivity index (χ2v) is 4.40. The number of rotatable bonds is 3. The third-order valence-corrected chi connectivity index (χ3v) is 2.80. The average molecular weight is 259 g/mol. The highest BCUT2D eigenvalue weighted by Crippen LogP contribution is 2.06. The van der Waals surface area contributed by atoms with Gasteiger partial charge in [-0.3, -0.25) is 4.79 Å². The number of hydrogen-bond acceptors (Lipinski definition) is 4. The molecule has 0 aromatic heterocycles. The second kappa shape index (κ2) is 5.21. The highest BCUT2D eigenvalue weighted by atomic mass is 16.4. The molecule has 8 heteroatoms. The highest BCUT2D eigenvalue weighted by molar-refractivity contribution is 5.88. The summed E-state index contributed by atoms with van der Waals surface area (Å²) in [7, 11) is 0. The van der Waals surface area contributed by atoms with Gasteiger partial charge >= 0.3 is 12.0 Å². The summed E-state index contributed by atoms with van der Waals surface area (Å²) in [6.07, 6.45) is 0. The predicted octanol–water partition coefficient (Wildman–Crippen LogP) is -1.65. The largest absolute Gasteiger partial charge is 0.479 e. The summed E-state index contributed by atoms with van der Waals surface area (Å²) < 4.78 is 0. The first-order valence-electron chi connectivity index (χ1n) is 5.53. The van der Waals surface area contributed by atoms with Gasteiger partial charge in [0.15, 0.2) is 5.60 Å². The summed E-state index contributed by atoms with van der Waals surface area (Å²) in [5.41, 5.74) is -2.03. The molecule has 3 amide bonds. The Balaban J connectivity index is 2.55. The first-order chi connectivity index (χ1) is 8.25. The molecule has 1 fully saturated rings. The molecule has 2 atom stereocenters. The van der Waals surface area contributed by atoms with Crippen molar-refractivity contribution < 1.29 is 24.6 Å². The molecule has 1 saturated heterocycles. The van der Waals surface area contributed by atoms with Crippen LogP contribution in [0.15, 0.2) is 0 Å². The summed E-state index contributed by atoms with van der Waals surface area (Å²) in [6, 6.07) is -1.19. The molecule has 0 aliphatic carbocycles. The molecule has 0 bridgehead atoms. The molecule has 0 aromatic rings. The molecular weight excluding hydrogens is 242 g/mol. The molecule has 0 radical (unpaired) electrons. The van der Waals surface area contributed by atoms with Gasteiger partial charge in [0.1, 0.15) is 6.04 Å². The standard InChI is InChI=1S/C10H17N3O5/c1-6-7(14)11-3-4-13(6)9(17)12-5-10(2,18)8(15)16/h6,18H,3-5H2,1-2H3,(H,11,14)(H,12,17)(H,15,16). The number of aliphatic hydroxyl groups is 1. The summed E-state index contributed by atoms with van der Waals surface area (Å²) in [5.74, 6) is -1.69. The molecule has 8 nitrogen and oxygen atoms in total. The lowest BCUT2D eigenvalue weighted by atomic mass is 10.1. The van der Waals surface area contributed by atoms with Gasteiger partial charge in [-0.1, -0.05) is 0 Å². The fraction of sp³-hybridized carbons (Fsp3) is 0.700. The Morgan fingerprint density at radius 2 is 2.22 bits per heavy atom. The van der Waals surface area contributed by atoms with E-state index in [1.807, 2.05) is 0 Å². The molecule has 1 rings (SSSR count). The van der Waals surface area contributed by atoms with Crippen LogP contribution in [0, 0.1) is 0 Å². The molecular formula is C10H17N3O5. The first kappa shape index (κ1) is 14.2. The monoisotopic (exact) mass is 259 g/mol. The molecule has 2 unspecified atom stereocenters. The van der Waals surface area contributed by atoms with Crippen molar-refractivity contribution >= 4 is 17.9 Å². The van der Waals surface area contributed by atoms with Crippen LogP contribution in [-0.2, 0) is 9.59 Å². The number of piperazine rings is 1. The minimum absolute atomic E-state index is 0.263. The van der Waals surface area contributed by atoms with Crippen molar-refractivity contribution in [1.82, 2.24) is 15.5 Å². The maximum atomic E-state index is 11.8. The topological polar surface area (TPSA) is 119 Å². The number of aliphatic carboxylic acids is 1. The summed E-state index contributed by atoms with van der Waals surface area (Å²) >= 11 is 0. The molecule has 1 aliphatic rings. The predicted molar refractivity (Wildman–Crippen MR) is 60.8 cm³/mol. The van der Waals surface area contributed by atoms with E-state index in [0.717, 1.165) is 6.92 Å². The Kier molecular flexibility index (Phi) is 4.12. The Hall–Kier alpha value is -1.83. The molecule has 0 spiro atoms. The Labute approximate surface area is 104 Å². The first-order valence-corrected chi connectivity index (χ1v) is 5.53. The van der Waals surface area contributed by atoms with Crippen molar-refractivity contribution in [1.29, 1.82) is 0 Å². The lowest BCUT2D eigenvalue weighted by Crippen LogP contribution is -2.59. The van der Waals surface area contributed by atoms with E-state index in [9.17, 15) is 19.5 Å². The van der Waals surface area contributed by atoms with E-state index in [1.165, 1.54) is 4.90 Å². The van der Waals surface area contributed by atoms with Crippen LogP contribution in [0.4, 0.5) is 4.79 Å². The minimum Gasteiger partial charge on any atom is -0.479 e. The zero-order chi connectivity index (χ0) is 13.9. The molecule has 4 N–H and O–H groups in total. The molecule has 1 heterocycles. The number of nitrogens with zero attached hydrogens (tertiary/aromatic N) is 1. The molecule has 102 valence electrons. The zero-order valence-electron chi connectivity index (χ0n) is 10.3. The normalized spacial score (nSPS) is 22.9. The lowest BCUT2D eigenvalue weighted by molar-refractivity contribution is -0.155. The number of carboxylic acids is 1. The van der Waals surface area contributed by atoms with E-state index in [2.05, 4.69) is 10.6 Å². The second-order valence-electron chi connectivity index (χ2n) is 4.40. The molecule has 18 heavy (non-hydrogen) atoms. The number of amides is 3. The van der Waals surface area contributed by atoms with Crippen LogP contribution in [0.2, 0.25) is 0 Å². The van der Waals surface area contributed by atoms with Crippen molar-refractivity contribution in [2.45, 2.75) is 25.5 Å². The Morgan fingerprint density at radius 3 is 2.78 bits per heavy atom. The van der Waals surface area contributed by atoms with E-state index < -0.39 is 30.2 Å². The average Bonchev–Trinajstić information content (AvgIpc) is 2.29. The van der Waals surface area contributed by atoms with Gasteiger partial charge in [-0.05, 0) is 13.8 Å². The molecule has 1 aliphatic heterocycles. The van der Waals surface area contributed by atoms with Crippen molar-refractivity contribution in [3.05, 3.63) is 0 Å². The maximum absolute atomic E-state index is 11.8. The number of urea groups is 1. The van der Waals surface area contributed by atoms with Crippen LogP contribution in [0.5, 0.6) is 0 Å². The lowest BCUT2D eigenvalue weighted by Gasteiger charge is -2.33. The number of carboxylic acid groups (broad SMARTS) is 1. The maximum Gasteiger partial charge on any atom is 0.337 e. The zero-order valence-corrected chi connectivity index (χ0v) is 10.3. The van der Waals surface area contributed by atoms with Crippen molar-refractivity contribution in [3.63, 3.8) is 0 Å². The van der Waals surface area contributed by atoms with Crippen molar-refractivity contribution in [2.24, 2.45) is 0 Å². The minimum atomic E-state index is -2.03. The summed E-state index contributed by atoms with van der Waals surface area (Å²) in [6.45, 7) is 2.93. The van der Waals surface area contributed by atoms with Crippen LogP contribution in [0.1, 0.15) is 13.8 Å². The Bertz CT molecular complexity index is 369. The van der Waals surface area contributed by atoms with Gasteiger partial charge in [0, 0.05) is 13.1 Å². The van der Waals surface area contributed by atoms with Crippen LogP contribution in [-0.4, -0.2) is 64.3 Å². The third-order valence-electron chi connectivity index (χ3n) is 2.80. The Morgan fingerprint density at radius 1 is 1.61 bits per heavy atom. The number of carbonyl (C=O) groups is 3. The van der Waals surface area contributed by atoms with Crippen molar-refractivity contribution in [2.75, 3.05) is 19.6 Å². The molecule has 0 aromatic carbocycles. The van der Waals surface area contributed by atoms with E-state index in [1.54, 1.807) is 6.92 Å². The van der Waals surface area contributed by atoms with Crippen LogP contribution < -0.4 is 10.6 Å². The van der Waals surface area contributed by atoms with E-state index >= 15 is 0 Å². The van der Waals surface area contributed by atoms with Crippen LogP contribution >= 0.6 is 0 Å². The fourth-order valence-electron chi connectivity index (χ4n) is 1.48. The van der Waals surface area contributed by atoms with Gasteiger partial charge in [0.2, 0.25) is 5.91 Å². The van der Waals surface area contributed by atoms with E-state index in [4.69, 9.17) is 5.11 Å². The highest BCUT2D eigenvalue weighted by Gasteiger charge is 2.33. The number of nitrogens with one attached hydrogen (secondary N) is 2. The fourth-order valence-corrected chi connectivity index (χ4v) is 1.48. The summed E-state index contributed by atoms with van der Waals surface area (Å²) in [5, 5.41) is 23.0. The van der Waals surface area contributed by atoms with Gasteiger partial charge in [-0.25, -0.2) is 9.59 Å².